The Morgan fingerprint density at radius 3 is 2.64 bits per heavy atom. The highest BCUT2D eigenvalue weighted by atomic mass is 79.9. The van der Waals surface area contributed by atoms with Gasteiger partial charge in [0.15, 0.2) is 0 Å². The third-order valence-electron chi connectivity index (χ3n) is 3.90. The number of amides is 1. The maximum atomic E-state index is 11.9. The fraction of sp³-hybridized carbons (Fsp3) is 0.556. The van der Waals surface area contributed by atoms with Crippen molar-refractivity contribution in [2.75, 3.05) is 34.0 Å². The van der Waals surface area contributed by atoms with Crippen molar-refractivity contribution >= 4 is 28.2 Å². The third-order valence-corrected chi connectivity index (χ3v) is 4.52. The fourth-order valence-corrected chi connectivity index (χ4v) is 3.02. The highest BCUT2D eigenvalue weighted by molar-refractivity contribution is 9.10. The van der Waals surface area contributed by atoms with Crippen LogP contribution >= 0.6 is 15.9 Å². The number of benzene rings is 1. The van der Waals surface area contributed by atoms with Crippen LogP contribution in [0.2, 0.25) is 0 Å². The molecular formula is C18H24BrNO8. The van der Waals surface area contributed by atoms with E-state index >= 15 is 0 Å². The summed E-state index contributed by atoms with van der Waals surface area (Å²) in [6.07, 6.45) is -1.92. The van der Waals surface area contributed by atoms with Gasteiger partial charge < -0.3 is 33.7 Å². The van der Waals surface area contributed by atoms with E-state index in [1.54, 1.807) is 20.3 Å². The summed E-state index contributed by atoms with van der Waals surface area (Å²) in [7, 11) is 3.13. The molecule has 0 spiro atoms. The topological polar surface area (TPSA) is 102 Å². The van der Waals surface area contributed by atoms with Gasteiger partial charge in [0.25, 0.3) is 0 Å². The number of carbonyl (C=O) groups is 2. The minimum Gasteiger partial charge on any atom is -0.496 e. The average Bonchev–Trinajstić information content (AvgIpc) is 3.14. The minimum atomic E-state index is -1.09. The van der Waals surface area contributed by atoms with E-state index in [9.17, 15) is 9.59 Å². The molecule has 0 aliphatic carbocycles. The summed E-state index contributed by atoms with van der Waals surface area (Å²) in [6.45, 7) is 2.60. The van der Waals surface area contributed by atoms with Crippen molar-refractivity contribution in [1.82, 2.24) is 5.32 Å². The Morgan fingerprint density at radius 1 is 1.25 bits per heavy atom. The number of hydrogen-bond acceptors (Lipinski definition) is 8. The molecule has 28 heavy (non-hydrogen) atoms. The Hall–Kier alpha value is -2.20. The Labute approximate surface area is 171 Å². The van der Waals surface area contributed by atoms with Crippen molar-refractivity contribution in [2.45, 2.75) is 32.2 Å². The molecule has 2 rings (SSSR count). The van der Waals surface area contributed by atoms with Gasteiger partial charge in [0.1, 0.15) is 17.6 Å². The van der Waals surface area contributed by atoms with E-state index in [2.05, 4.69) is 21.2 Å². The Morgan fingerprint density at radius 2 is 2.00 bits per heavy atom. The molecule has 1 aliphatic rings. The van der Waals surface area contributed by atoms with Gasteiger partial charge in [-0.15, -0.1) is 0 Å². The van der Waals surface area contributed by atoms with Gasteiger partial charge in [-0.25, -0.2) is 9.59 Å². The Balaban J connectivity index is 1.74. The van der Waals surface area contributed by atoms with Crippen LogP contribution in [-0.4, -0.2) is 58.6 Å². The van der Waals surface area contributed by atoms with E-state index in [0.29, 0.717) is 37.6 Å². The van der Waals surface area contributed by atoms with E-state index in [0.717, 1.165) is 10.0 Å². The van der Waals surface area contributed by atoms with Crippen molar-refractivity contribution in [2.24, 2.45) is 0 Å². The van der Waals surface area contributed by atoms with E-state index in [1.165, 1.54) is 6.92 Å². The predicted octanol–water partition coefficient (Wildman–Crippen LogP) is 3.02. The first-order valence-corrected chi connectivity index (χ1v) is 9.52. The van der Waals surface area contributed by atoms with Crippen molar-refractivity contribution < 1.29 is 38.0 Å². The zero-order chi connectivity index (χ0) is 20.5. The monoisotopic (exact) mass is 461 g/mol. The standard InChI is InChI=1S/C18H24BrNO8/c1-11(27-18(22)28-13-5-7-25-10-13)26-17(21)20-6-4-12-8-16(24-3)14(19)9-15(12)23-2/h8-9,11,13H,4-7,10H2,1-3H3,(H,20,21). The average molecular weight is 462 g/mol. The molecule has 1 aromatic carbocycles. The zero-order valence-electron chi connectivity index (χ0n) is 16.0. The lowest BCUT2D eigenvalue weighted by molar-refractivity contribution is -0.0830. The molecular weight excluding hydrogens is 438 g/mol. The maximum absolute atomic E-state index is 11.9. The highest BCUT2D eigenvalue weighted by Crippen LogP contribution is 2.32. The number of ether oxygens (including phenoxy) is 6. The van der Waals surface area contributed by atoms with Crippen LogP contribution in [0.25, 0.3) is 0 Å². The van der Waals surface area contributed by atoms with Gasteiger partial charge in [-0.1, -0.05) is 0 Å². The molecule has 1 saturated heterocycles. The van der Waals surface area contributed by atoms with Crippen molar-refractivity contribution in [3.8, 4) is 11.5 Å². The van der Waals surface area contributed by atoms with Gasteiger partial charge in [-0.3, -0.25) is 0 Å². The molecule has 0 radical (unpaired) electrons. The molecule has 1 aliphatic heterocycles. The van der Waals surface area contributed by atoms with Gasteiger partial charge in [0, 0.05) is 19.9 Å². The normalized spacial score (nSPS) is 16.8. The lowest BCUT2D eigenvalue weighted by atomic mass is 10.1. The summed E-state index contributed by atoms with van der Waals surface area (Å²) >= 11 is 3.39. The summed E-state index contributed by atoms with van der Waals surface area (Å²) in [5, 5.41) is 2.59. The molecule has 9 nitrogen and oxygen atoms in total. The molecule has 1 heterocycles. The predicted molar refractivity (Wildman–Crippen MR) is 102 cm³/mol. The van der Waals surface area contributed by atoms with Crippen LogP contribution in [0.3, 0.4) is 0 Å². The molecule has 2 atom stereocenters. The second kappa shape index (κ2) is 11.0. The first-order valence-electron chi connectivity index (χ1n) is 8.72. The third kappa shape index (κ3) is 6.75. The lowest BCUT2D eigenvalue weighted by Gasteiger charge is -2.16. The number of rotatable bonds is 8. The summed E-state index contributed by atoms with van der Waals surface area (Å²) in [6, 6.07) is 3.62. The summed E-state index contributed by atoms with van der Waals surface area (Å²) < 4.78 is 31.4. The Kier molecular flexibility index (Phi) is 8.65. The summed E-state index contributed by atoms with van der Waals surface area (Å²) in [5.41, 5.74) is 0.856. The summed E-state index contributed by atoms with van der Waals surface area (Å²) in [4.78, 5) is 23.5. The van der Waals surface area contributed by atoms with Gasteiger partial charge in [0.05, 0.1) is 31.9 Å². The first kappa shape index (κ1) is 22.1. The van der Waals surface area contributed by atoms with Crippen LogP contribution in [0.5, 0.6) is 11.5 Å². The number of nitrogens with one attached hydrogen (secondary N) is 1. The molecule has 1 amide bonds. The van der Waals surface area contributed by atoms with Crippen LogP contribution < -0.4 is 14.8 Å². The van der Waals surface area contributed by atoms with Gasteiger partial charge in [-0.2, -0.15) is 0 Å². The van der Waals surface area contributed by atoms with Crippen LogP contribution in [0.15, 0.2) is 16.6 Å². The van der Waals surface area contributed by atoms with E-state index in [-0.39, 0.29) is 12.6 Å². The number of methoxy groups -OCH3 is 2. The molecule has 2 unspecified atom stereocenters. The molecule has 1 fully saturated rings. The van der Waals surface area contributed by atoms with Gasteiger partial charge in [-0.05, 0) is 40.0 Å². The Bertz CT molecular complexity index is 678. The van der Waals surface area contributed by atoms with Gasteiger partial charge in [0.2, 0.25) is 6.29 Å². The molecule has 0 saturated carbocycles. The zero-order valence-corrected chi connectivity index (χ0v) is 17.6. The minimum absolute atomic E-state index is 0.288. The van der Waals surface area contributed by atoms with Gasteiger partial charge >= 0.3 is 12.2 Å². The molecule has 10 heteroatoms. The van der Waals surface area contributed by atoms with Crippen LogP contribution in [0.1, 0.15) is 18.9 Å². The second-order valence-corrected chi connectivity index (χ2v) is 6.77. The number of hydrogen-bond donors (Lipinski definition) is 1. The van der Waals surface area contributed by atoms with Crippen molar-refractivity contribution in [3.63, 3.8) is 0 Å². The van der Waals surface area contributed by atoms with E-state index < -0.39 is 18.5 Å². The number of halogens is 1. The van der Waals surface area contributed by atoms with E-state index in [4.69, 9.17) is 28.4 Å². The molecule has 0 bridgehead atoms. The maximum Gasteiger partial charge on any atom is 0.511 e. The molecule has 1 N–H and O–H groups in total. The summed E-state index contributed by atoms with van der Waals surface area (Å²) in [5.74, 6) is 1.32. The number of alkyl carbamates (subject to hydrolysis) is 1. The highest BCUT2D eigenvalue weighted by Gasteiger charge is 2.23. The smallest absolute Gasteiger partial charge is 0.496 e. The van der Waals surface area contributed by atoms with E-state index in [1.807, 2.05) is 6.07 Å². The first-order chi connectivity index (χ1) is 13.4. The van der Waals surface area contributed by atoms with Crippen LogP contribution in [-0.2, 0) is 25.4 Å². The second-order valence-electron chi connectivity index (χ2n) is 5.92. The van der Waals surface area contributed by atoms with Crippen LogP contribution in [0, 0.1) is 0 Å². The largest absolute Gasteiger partial charge is 0.511 e. The molecule has 1 aromatic rings. The fourth-order valence-electron chi connectivity index (χ4n) is 2.54. The van der Waals surface area contributed by atoms with Crippen molar-refractivity contribution in [3.05, 3.63) is 22.2 Å². The van der Waals surface area contributed by atoms with Crippen molar-refractivity contribution in [1.29, 1.82) is 0 Å². The molecule has 156 valence electrons. The number of carbonyl (C=O) groups excluding carboxylic acids is 2. The molecule has 0 aromatic heterocycles. The SMILES string of the molecule is COc1cc(CCNC(=O)OC(C)OC(=O)OC2CCOC2)c(OC)cc1Br. The quantitative estimate of drug-likeness (QED) is 0.465. The lowest BCUT2D eigenvalue weighted by Crippen LogP contribution is -2.32. The van der Waals surface area contributed by atoms with Crippen LogP contribution in [0.4, 0.5) is 9.59 Å².